The second kappa shape index (κ2) is 10.4. The number of amides is 3. The van der Waals surface area contributed by atoms with Crippen molar-refractivity contribution in [3.8, 4) is 0 Å². The van der Waals surface area contributed by atoms with Gasteiger partial charge >= 0.3 is 0 Å². The molecule has 4 aliphatic rings. The lowest BCUT2D eigenvalue weighted by atomic mass is 9.74. The van der Waals surface area contributed by atoms with E-state index < -0.39 is 32.9 Å². The van der Waals surface area contributed by atoms with Crippen LogP contribution in [0.25, 0.3) is 0 Å². The Bertz CT molecular complexity index is 1180. The molecule has 1 N–H and O–H groups in total. The van der Waals surface area contributed by atoms with E-state index in [0.717, 1.165) is 12.0 Å². The molecule has 1 unspecified atom stereocenters. The topological polar surface area (TPSA) is 81.2 Å². The molecule has 0 bridgehead atoms. The fourth-order valence-electron chi connectivity index (χ4n) is 6.93. The molecule has 0 saturated carbocycles. The number of hydrogen-bond donors (Lipinski definition) is 1. The first-order chi connectivity index (χ1) is 18.5. The van der Waals surface area contributed by atoms with Crippen LogP contribution in [-0.4, -0.2) is 84.8 Å². The zero-order chi connectivity index (χ0) is 28.0. The number of aliphatic hydroxyl groups is 1. The molecule has 1 aromatic rings. The average Bonchev–Trinajstić information content (AvgIpc) is 3.14. The van der Waals surface area contributed by atoms with Crippen LogP contribution in [-0.2, 0) is 20.9 Å². The maximum absolute atomic E-state index is 14.4. The number of nitrogens with zero attached hydrogens (tertiary/aromatic N) is 3. The lowest BCUT2D eigenvalue weighted by Crippen LogP contribution is -2.57. The van der Waals surface area contributed by atoms with E-state index >= 15 is 0 Å². The molecule has 5 rings (SSSR count). The number of hydrogen-bond acceptors (Lipinski definition) is 5. The number of benzene rings is 1. The Morgan fingerprint density at radius 2 is 1.64 bits per heavy atom. The molecule has 0 aromatic heterocycles. The molecule has 1 spiro atoms. The summed E-state index contributed by atoms with van der Waals surface area (Å²) in [5.41, 5.74) is 0.644. The minimum absolute atomic E-state index is 0.0206. The lowest BCUT2D eigenvalue weighted by Gasteiger charge is -2.41. The van der Waals surface area contributed by atoms with Crippen molar-refractivity contribution in [2.45, 2.75) is 74.6 Å². The van der Waals surface area contributed by atoms with Crippen LogP contribution in [0.4, 0.5) is 0 Å². The van der Waals surface area contributed by atoms with Crippen LogP contribution in [0.1, 0.15) is 52.5 Å². The summed E-state index contributed by atoms with van der Waals surface area (Å²) in [6.07, 6.45) is 10.4. The largest absolute Gasteiger partial charge is 0.396 e. The van der Waals surface area contributed by atoms with Crippen molar-refractivity contribution >= 4 is 29.5 Å². The summed E-state index contributed by atoms with van der Waals surface area (Å²) in [4.78, 5) is 48.6. The van der Waals surface area contributed by atoms with Gasteiger partial charge in [0.15, 0.2) is 0 Å². The summed E-state index contributed by atoms with van der Waals surface area (Å²) in [5.74, 6) is -1.35. The molecule has 210 valence electrons. The summed E-state index contributed by atoms with van der Waals surface area (Å²) >= 11 is 1.63. The Labute approximate surface area is 236 Å². The van der Waals surface area contributed by atoms with E-state index in [1.807, 2.05) is 67.0 Å². The van der Waals surface area contributed by atoms with Gasteiger partial charge in [-0.05, 0) is 52.5 Å². The lowest BCUT2D eigenvalue weighted by molar-refractivity contribution is -0.146. The molecular formula is C31H41N3O4S. The zero-order valence-corrected chi connectivity index (χ0v) is 24.3. The zero-order valence-electron chi connectivity index (χ0n) is 23.5. The van der Waals surface area contributed by atoms with Crippen molar-refractivity contribution in [3.63, 3.8) is 0 Å². The molecule has 8 heteroatoms. The van der Waals surface area contributed by atoms with Crippen molar-refractivity contribution in [1.82, 2.24) is 14.7 Å². The van der Waals surface area contributed by atoms with E-state index in [9.17, 15) is 19.5 Å². The van der Waals surface area contributed by atoms with Crippen molar-refractivity contribution in [1.29, 1.82) is 0 Å². The maximum Gasteiger partial charge on any atom is 0.247 e. The van der Waals surface area contributed by atoms with E-state index in [1.165, 1.54) is 0 Å². The molecule has 39 heavy (non-hydrogen) atoms. The van der Waals surface area contributed by atoms with Crippen LogP contribution in [0.3, 0.4) is 0 Å². The molecule has 4 heterocycles. The normalized spacial score (nSPS) is 32.3. The fraction of sp³-hybridized carbons (Fsp3) is 0.581. The number of thioether (sulfide) groups is 1. The molecule has 3 amide bonds. The predicted octanol–water partition coefficient (Wildman–Crippen LogP) is 3.63. The molecule has 0 radical (unpaired) electrons. The minimum Gasteiger partial charge on any atom is -0.396 e. The summed E-state index contributed by atoms with van der Waals surface area (Å²) in [6.45, 7) is 10.2. The average molecular weight is 552 g/mol. The van der Waals surface area contributed by atoms with Gasteiger partial charge in [-0.2, -0.15) is 0 Å². The summed E-state index contributed by atoms with van der Waals surface area (Å²) < 4.78 is -1.42. The molecule has 2 saturated heterocycles. The van der Waals surface area contributed by atoms with Gasteiger partial charge in [0, 0.05) is 43.1 Å². The SMILES string of the molecule is CC(C)(C)N1CC=C[C@]23S[C@]4(C)C=CCN(Cc5ccccc5)C(=O)[C@@H]4[C@H]2C(=O)N(CCCCCO)C3C1=O. The number of unbranched alkanes of at least 4 members (excludes halogenated alkanes) is 2. The van der Waals surface area contributed by atoms with Crippen LogP contribution in [0, 0.1) is 11.8 Å². The second-order valence-corrected chi connectivity index (χ2v) is 14.2. The summed E-state index contributed by atoms with van der Waals surface area (Å²) in [6, 6.07) is 9.28. The molecule has 0 aliphatic carbocycles. The highest BCUT2D eigenvalue weighted by Crippen LogP contribution is 2.65. The van der Waals surface area contributed by atoms with Crippen molar-refractivity contribution in [2.24, 2.45) is 11.8 Å². The number of carbonyl (C=O) groups excluding carboxylic acids is 3. The molecule has 2 fully saturated rings. The fourth-order valence-corrected chi connectivity index (χ4v) is 9.09. The quantitative estimate of drug-likeness (QED) is 0.414. The van der Waals surface area contributed by atoms with E-state index in [-0.39, 0.29) is 24.3 Å². The molecule has 7 nitrogen and oxygen atoms in total. The van der Waals surface area contributed by atoms with E-state index in [1.54, 1.807) is 16.7 Å². The van der Waals surface area contributed by atoms with Crippen molar-refractivity contribution < 1.29 is 19.5 Å². The molecule has 5 atom stereocenters. The Morgan fingerprint density at radius 1 is 0.923 bits per heavy atom. The minimum atomic E-state index is -0.819. The van der Waals surface area contributed by atoms with Gasteiger partial charge in [0.1, 0.15) is 6.04 Å². The first-order valence-electron chi connectivity index (χ1n) is 14.1. The highest BCUT2D eigenvalue weighted by molar-refractivity contribution is 8.02. The number of likely N-dealkylation sites (tertiary alicyclic amines) is 1. The van der Waals surface area contributed by atoms with Crippen LogP contribution in [0.15, 0.2) is 54.6 Å². The van der Waals surface area contributed by atoms with Crippen LogP contribution >= 0.6 is 11.8 Å². The van der Waals surface area contributed by atoms with Gasteiger partial charge in [0.05, 0.1) is 16.6 Å². The first kappa shape index (κ1) is 28.0. The van der Waals surface area contributed by atoms with E-state index in [0.29, 0.717) is 39.0 Å². The standard InChI is InChI=1S/C31H41N3O4S/c1-29(2,3)34-19-12-16-31-24(27(37)33(25(31)28(34)38)18-9-6-10-20-35)23-26(36)32(17-11-15-30(23,4)39-31)21-22-13-7-5-8-14-22/h5,7-8,11-16,23-25,35H,6,9-10,17-21H2,1-4H3/t23-,24-,25?,30+,31-/m0/s1. The summed E-state index contributed by atoms with van der Waals surface area (Å²) in [7, 11) is 0. The van der Waals surface area contributed by atoms with Crippen LogP contribution in [0.5, 0.6) is 0 Å². The Hall–Kier alpha value is -2.58. The highest BCUT2D eigenvalue weighted by atomic mass is 32.2. The third kappa shape index (κ3) is 4.73. The monoisotopic (exact) mass is 551 g/mol. The number of rotatable bonds is 7. The number of carbonyl (C=O) groups is 3. The van der Waals surface area contributed by atoms with E-state index in [4.69, 9.17) is 0 Å². The molecule has 1 aromatic carbocycles. The van der Waals surface area contributed by atoms with Gasteiger partial charge in [0.2, 0.25) is 17.7 Å². The van der Waals surface area contributed by atoms with Crippen molar-refractivity contribution in [2.75, 3.05) is 26.2 Å². The van der Waals surface area contributed by atoms with Crippen LogP contribution < -0.4 is 0 Å². The van der Waals surface area contributed by atoms with Crippen LogP contribution in [0.2, 0.25) is 0 Å². The second-order valence-electron chi connectivity index (χ2n) is 12.4. The van der Waals surface area contributed by atoms with Gasteiger partial charge in [-0.25, -0.2) is 0 Å². The Kier molecular flexibility index (Phi) is 7.48. The van der Waals surface area contributed by atoms with Gasteiger partial charge in [0.25, 0.3) is 0 Å². The molecular weight excluding hydrogens is 510 g/mol. The maximum atomic E-state index is 14.4. The summed E-state index contributed by atoms with van der Waals surface area (Å²) in [5, 5.41) is 9.27. The Balaban J connectivity index is 1.56. The van der Waals surface area contributed by atoms with Gasteiger partial charge in [-0.15, -0.1) is 11.8 Å². The third-order valence-corrected chi connectivity index (χ3v) is 10.5. The van der Waals surface area contributed by atoms with Crippen molar-refractivity contribution in [3.05, 3.63) is 60.2 Å². The van der Waals surface area contributed by atoms with Gasteiger partial charge in [-0.1, -0.05) is 54.6 Å². The Morgan fingerprint density at radius 3 is 2.33 bits per heavy atom. The third-order valence-electron chi connectivity index (χ3n) is 8.72. The smallest absolute Gasteiger partial charge is 0.247 e. The number of fused-ring (bicyclic) bond motifs is 2. The number of aliphatic hydroxyl groups excluding tert-OH is 1. The molecule has 4 aliphatic heterocycles. The van der Waals surface area contributed by atoms with Gasteiger partial charge in [-0.3, -0.25) is 14.4 Å². The predicted molar refractivity (Wildman–Crippen MR) is 154 cm³/mol. The van der Waals surface area contributed by atoms with E-state index in [2.05, 4.69) is 25.2 Å². The highest BCUT2D eigenvalue weighted by Gasteiger charge is 2.74. The van der Waals surface area contributed by atoms with Gasteiger partial charge < -0.3 is 19.8 Å². The first-order valence-corrected chi connectivity index (χ1v) is 15.0.